The van der Waals surface area contributed by atoms with Crippen molar-refractivity contribution < 1.29 is 4.79 Å². The van der Waals surface area contributed by atoms with Crippen LogP contribution < -0.4 is 11.1 Å². The van der Waals surface area contributed by atoms with E-state index in [0.717, 1.165) is 32.4 Å². The van der Waals surface area contributed by atoms with Crippen molar-refractivity contribution >= 4 is 22.5 Å². The van der Waals surface area contributed by atoms with E-state index in [-0.39, 0.29) is 11.9 Å². The van der Waals surface area contributed by atoms with Gasteiger partial charge in [-0.3, -0.25) is 9.69 Å². The minimum atomic E-state index is -0.0128. The molecule has 1 fully saturated rings. The third kappa shape index (κ3) is 2.88. The van der Waals surface area contributed by atoms with Gasteiger partial charge in [-0.1, -0.05) is 18.2 Å². The lowest BCUT2D eigenvalue weighted by Crippen LogP contribution is -2.48. The summed E-state index contributed by atoms with van der Waals surface area (Å²) in [6, 6.07) is 16.2. The highest BCUT2D eigenvalue weighted by Gasteiger charge is 2.35. The standard InChI is InChI=1S/C22H24N4O/c23-15-7-5-14(6-8-15)22(27)24-16-9-11-26-12-10-18-17-3-1-2-4-19(17)25-21(18)20(26)13-16/h1-8,16,20,25H,9-13,23H2,(H,24,27)/t16-,20+/m1/s1. The van der Waals surface area contributed by atoms with Crippen LogP contribution in [0.15, 0.2) is 48.5 Å². The van der Waals surface area contributed by atoms with Crippen LogP contribution >= 0.6 is 0 Å². The van der Waals surface area contributed by atoms with Crippen molar-refractivity contribution in [3.63, 3.8) is 0 Å². The Kier molecular flexibility index (Phi) is 3.90. The number of aromatic nitrogens is 1. The molecule has 27 heavy (non-hydrogen) atoms. The summed E-state index contributed by atoms with van der Waals surface area (Å²) in [7, 11) is 0. The molecule has 1 saturated heterocycles. The molecule has 5 heteroatoms. The van der Waals surface area contributed by atoms with E-state index in [0.29, 0.717) is 17.3 Å². The SMILES string of the molecule is Nc1ccc(C(=O)N[C@@H]2CCN3CCc4c([nH]c5ccccc45)[C@@H]3C2)cc1. The second-order valence-corrected chi connectivity index (χ2v) is 7.68. The van der Waals surface area contributed by atoms with Gasteiger partial charge >= 0.3 is 0 Å². The topological polar surface area (TPSA) is 74.2 Å². The van der Waals surface area contributed by atoms with Gasteiger partial charge in [-0.05, 0) is 55.2 Å². The molecule has 0 unspecified atom stereocenters. The number of piperidine rings is 1. The number of anilines is 1. The maximum Gasteiger partial charge on any atom is 0.251 e. The third-order valence-electron chi connectivity index (χ3n) is 6.05. The Balaban J connectivity index is 1.37. The second kappa shape index (κ2) is 6.43. The molecule has 4 N–H and O–H groups in total. The number of nitrogens with two attached hydrogens (primary N) is 1. The normalized spacial score (nSPS) is 22.2. The number of para-hydroxylation sites is 1. The number of hydrogen-bond acceptors (Lipinski definition) is 3. The number of hydrogen-bond donors (Lipinski definition) is 3. The lowest BCUT2D eigenvalue weighted by atomic mass is 9.88. The van der Waals surface area contributed by atoms with Crippen molar-refractivity contribution in [3.05, 3.63) is 65.4 Å². The monoisotopic (exact) mass is 360 g/mol. The first kappa shape index (κ1) is 16.4. The highest BCUT2D eigenvalue weighted by Crippen LogP contribution is 2.39. The molecule has 2 aliphatic rings. The van der Waals surface area contributed by atoms with Crippen molar-refractivity contribution in [2.45, 2.75) is 31.3 Å². The van der Waals surface area contributed by atoms with Crippen molar-refractivity contribution in [2.24, 2.45) is 0 Å². The first-order chi connectivity index (χ1) is 13.2. The second-order valence-electron chi connectivity index (χ2n) is 7.68. The summed E-state index contributed by atoms with van der Waals surface area (Å²) < 4.78 is 0. The fraction of sp³-hybridized carbons (Fsp3) is 0.318. The highest BCUT2D eigenvalue weighted by atomic mass is 16.1. The Labute approximate surface area is 158 Å². The van der Waals surface area contributed by atoms with E-state index in [1.165, 1.54) is 22.2 Å². The van der Waals surface area contributed by atoms with E-state index in [1.807, 2.05) is 0 Å². The van der Waals surface area contributed by atoms with Gasteiger partial charge in [0.25, 0.3) is 5.91 Å². The number of carbonyl (C=O) groups excluding carboxylic acids is 1. The van der Waals surface area contributed by atoms with E-state index >= 15 is 0 Å². The average molecular weight is 360 g/mol. The Bertz CT molecular complexity index is 991. The molecule has 2 aliphatic heterocycles. The molecule has 0 bridgehead atoms. The minimum Gasteiger partial charge on any atom is -0.399 e. The Hall–Kier alpha value is -2.79. The van der Waals surface area contributed by atoms with Gasteiger partial charge in [-0.25, -0.2) is 0 Å². The van der Waals surface area contributed by atoms with Crippen LogP contribution in [-0.4, -0.2) is 34.9 Å². The molecule has 2 atom stereocenters. The Morgan fingerprint density at radius 1 is 1.11 bits per heavy atom. The number of amides is 1. The van der Waals surface area contributed by atoms with E-state index in [4.69, 9.17) is 5.73 Å². The third-order valence-corrected chi connectivity index (χ3v) is 6.05. The number of aromatic amines is 1. The van der Waals surface area contributed by atoms with Crippen LogP contribution in [0.5, 0.6) is 0 Å². The summed E-state index contributed by atoms with van der Waals surface area (Å²) in [5.41, 5.74) is 11.1. The van der Waals surface area contributed by atoms with Gasteiger partial charge in [0.15, 0.2) is 0 Å². The van der Waals surface area contributed by atoms with Gasteiger partial charge in [0.1, 0.15) is 0 Å². The van der Waals surface area contributed by atoms with Crippen LogP contribution in [0.4, 0.5) is 5.69 Å². The number of rotatable bonds is 2. The predicted molar refractivity (Wildman–Crippen MR) is 108 cm³/mol. The van der Waals surface area contributed by atoms with Gasteiger partial charge in [0.2, 0.25) is 0 Å². The molecule has 0 saturated carbocycles. The maximum atomic E-state index is 12.6. The van der Waals surface area contributed by atoms with Crippen LogP contribution in [0.1, 0.15) is 40.5 Å². The number of H-pyrrole nitrogens is 1. The number of nitrogens with one attached hydrogen (secondary N) is 2. The van der Waals surface area contributed by atoms with Crippen LogP contribution in [0, 0.1) is 0 Å². The van der Waals surface area contributed by atoms with Crippen molar-refractivity contribution in [3.8, 4) is 0 Å². The Morgan fingerprint density at radius 2 is 1.93 bits per heavy atom. The molecule has 2 aromatic carbocycles. The number of nitrogen functional groups attached to an aromatic ring is 1. The molecular formula is C22H24N4O. The number of benzene rings is 2. The molecule has 1 amide bonds. The zero-order valence-corrected chi connectivity index (χ0v) is 15.2. The van der Waals surface area contributed by atoms with Crippen LogP contribution in [0.3, 0.4) is 0 Å². The lowest BCUT2D eigenvalue weighted by molar-refractivity contribution is 0.0839. The van der Waals surface area contributed by atoms with Crippen molar-refractivity contribution in [2.75, 3.05) is 18.8 Å². The van der Waals surface area contributed by atoms with Gasteiger partial charge < -0.3 is 16.0 Å². The molecule has 1 aromatic heterocycles. The molecule has 0 radical (unpaired) electrons. The molecule has 138 valence electrons. The first-order valence-electron chi connectivity index (χ1n) is 9.69. The van der Waals surface area contributed by atoms with Crippen LogP contribution in [0.2, 0.25) is 0 Å². The highest BCUT2D eigenvalue weighted by molar-refractivity contribution is 5.94. The largest absolute Gasteiger partial charge is 0.399 e. The van der Waals surface area contributed by atoms with E-state index in [2.05, 4.69) is 39.5 Å². The summed E-state index contributed by atoms with van der Waals surface area (Å²) >= 11 is 0. The van der Waals surface area contributed by atoms with Gasteiger partial charge in [-0.2, -0.15) is 0 Å². The van der Waals surface area contributed by atoms with Crippen LogP contribution in [-0.2, 0) is 6.42 Å². The Morgan fingerprint density at radius 3 is 2.78 bits per heavy atom. The van der Waals surface area contributed by atoms with E-state index < -0.39 is 0 Å². The molecule has 3 aromatic rings. The smallest absolute Gasteiger partial charge is 0.251 e. The number of nitrogens with zero attached hydrogens (tertiary/aromatic N) is 1. The molecule has 3 heterocycles. The van der Waals surface area contributed by atoms with Crippen molar-refractivity contribution in [1.29, 1.82) is 0 Å². The minimum absolute atomic E-state index is 0.0128. The van der Waals surface area contributed by atoms with Gasteiger partial charge in [0.05, 0.1) is 6.04 Å². The fourth-order valence-electron chi connectivity index (χ4n) is 4.65. The summed E-state index contributed by atoms with van der Waals surface area (Å²) in [5.74, 6) is -0.0128. The predicted octanol–water partition coefficient (Wildman–Crippen LogP) is 3.24. The molecule has 0 aliphatic carbocycles. The molecule has 5 nitrogen and oxygen atoms in total. The summed E-state index contributed by atoms with van der Waals surface area (Å²) in [4.78, 5) is 18.8. The summed E-state index contributed by atoms with van der Waals surface area (Å²) in [5, 5.41) is 4.58. The van der Waals surface area contributed by atoms with E-state index in [9.17, 15) is 4.79 Å². The number of carbonyl (C=O) groups is 1. The van der Waals surface area contributed by atoms with Gasteiger partial charge in [-0.15, -0.1) is 0 Å². The molecule has 5 rings (SSSR count). The van der Waals surface area contributed by atoms with Gasteiger partial charge in [0, 0.05) is 47.0 Å². The summed E-state index contributed by atoms with van der Waals surface area (Å²) in [6.45, 7) is 2.12. The first-order valence-corrected chi connectivity index (χ1v) is 9.69. The number of fused-ring (bicyclic) bond motifs is 5. The maximum absolute atomic E-state index is 12.6. The average Bonchev–Trinajstić information content (AvgIpc) is 3.08. The lowest BCUT2D eigenvalue weighted by Gasteiger charge is -2.42. The van der Waals surface area contributed by atoms with Crippen LogP contribution in [0.25, 0.3) is 10.9 Å². The van der Waals surface area contributed by atoms with Crippen molar-refractivity contribution in [1.82, 2.24) is 15.2 Å². The molecular weight excluding hydrogens is 336 g/mol. The molecule has 0 spiro atoms. The fourth-order valence-corrected chi connectivity index (χ4v) is 4.65. The summed E-state index contributed by atoms with van der Waals surface area (Å²) in [6.07, 6.45) is 3.03. The van der Waals surface area contributed by atoms with E-state index in [1.54, 1.807) is 24.3 Å². The zero-order valence-electron chi connectivity index (χ0n) is 15.2. The zero-order chi connectivity index (χ0) is 18.4. The quantitative estimate of drug-likeness (QED) is 0.614.